The number of ether oxygens (including phenoxy) is 1. The maximum atomic E-state index is 13.7. The first kappa shape index (κ1) is 23.3. The Bertz CT molecular complexity index is 1350. The van der Waals surface area contributed by atoms with Crippen molar-refractivity contribution in [3.8, 4) is 5.75 Å². The van der Waals surface area contributed by atoms with Crippen LogP contribution < -0.4 is 4.74 Å². The van der Waals surface area contributed by atoms with E-state index in [0.29, 0.717) is 25.9 Å². The van der Waals surface area contributed by atoms with Crippen molar-refractivity contribution in [3.63, 3.8) is 0 Å². The molecule has 1 fully saturated rings. The van der Waals surface area contributed by atoms with Crippen LogP contribution >= 0.6 is 0 Å². The third-order valence-electron chi connectivity index (χ3n) is 7.67. The molecule has 0 amide bonds. The van der Waals surface area contributed by atoms with E-state index in [0.717, 1.165) is 35.0 Å². The molecule has 3 heterocycles. The number of hydrogen-bond acceptors (Lipinski definition) is 5. The molecule has 3 aromatic rings. The van der Waals surface area contributed by atoms with Crippen molar-refractivity contribution in [2.24, 2.45) is 7.05 Å². The number of rotatable bonds is 4. The zero-order valence-electron chi connectivity index (χ0n) is 19.7. The van der Waals surface area contributed by atoms with Crippen LogP contribution in [0.2, 0.25) is 0 Å². The topological polar surface area (TPSA) is 75.0 Å². The molecule has 0 saturated carbocycles. The lowest BCUT2D eigenvalue weighted by Gasteiger charge is -2.49. The van der Waals surface area contributed by atoms with E-state index in [2.05, 4.69) is 15.5 Å². The van der Waals surface area contributed by atoms with Crippen LogP contribution in [0.4, 0.5) is 4.39 Å². The quantitative estimate of drug-likeness (QED) is 0.612. The first-order chi connectivity index (χ1) is 16.2. The van der Waals surface area contributed by atoms with Crippen LogP contribution in [-0.4, -0.2) is 67.7 Å². The summed E-state index contributed by atoms with van der Waals surface area (Å²) in [6.07, 6.45) is 1.28. The van der Waals surface area contributed by atoms with Crippen molar-refractivity contribution in [2.75, 3.05) is 40.4 Å². The van der Waals surface area contributed by atoms with Crippen LogP contribution in [0.25, 0.3) is 10.9 Å². The van der Waals surface area contributed by atoms with E-state index < -0.39 is 15.8 Å². The van der Waals surface area contributed by atoms with Gasteiger partial charge in [0.2, 0.25) is 10.0 Å². The largest absolute Gasteiger partial charge is 0.497 e. The average Bonchev–Trinajstić information content (AvgIpc) is 3.12. The highest BCUT2D eigenvalue weighted by Gasteiger charge is 2.48. The summed E-state index contributed by atoms with van der Waals surface area (Å²) >= 11 is 0. The first-order valence-electron chi connectivity index (χ1n) is 11.5. The Balaban J connectivity index is 1.56. The van der Waals surface area contributed by atoms with E-state index in [1.165, 1.54) is 28.1 Å². The van der Waals surface area contributed by atoms with Gasteiger partial charge >= 0.3 is 0 Å². The Morgan fingerprint density at radius 1 is 1.15 bits per heavy atom. The number of aliphatic hydroxyl groups excluding tert-OH is 1. The molecule has 1 aromatic heterocycles. The molecule has 0 bridgehead atoms. The lowest BCUT2D eigenvalue weighted by molar-refractivity contribution is 0.0775. The maximum Gasteiger partial charge on any atom is 0.243 e. The van der Waals surface area contributed by atoms with E-state index in [9.17, 15) is 17.9 Å². The summed E-state index contributed by atoms with van der Waals surface area (Å²) in [4.78, 5) is 2.16. The average molecular weight is 488 g/mol. The van der Waals surface area contributed by atoms with Gasteiger partial charge in [-0.2, -0.15) is 4.31 Å². The molecule has 5 rings (SSSR count). The van der Waals surface area contributed by atoms with Crippen molar-refractivity contribution in [1.29, 1.82) is 0 Å². The fourth-order valence-electron chi connectivity index (χ4n) is 5.95. The molecule has 2 aliphatic rings. The number of benzene rings is 2. The summed E-state index contributed by atoms with van der Waals surface area (Å²) < 4.78 is 49.2. The molecular weight excluding hydrogens is 457 g/mol. The van der Waals surface area contributed by atoms with E-state index in [4.69, 9.17) is 4.74 Å². The van der Waals surface area contributed by atoms with E-state index in [1.807, 2.05) is 26.2 Å². The number of aliphatic hydroxyl groups is 1. The predicted molar refractivity (Wildman–Crippen MR) is 128 cm³/mol. The molecule has 1 N–H and O–H groups in total. The van der Waals surface area contributed by atoms with Gasteiger partial charge in [-0.05, 0) is 55.8 Å². The number of likely N-dealkylation sites (N-methyl/N-ethyl adjacent to an activating group) is 1. The van der Waals surface area contributed by atoms with Gasteiger partial charge in [-0.25, -0.2) is 12.8 Å². The van der Waals surface area contributed by atoms with Gasteiger partial charge in [-0.1, -0.05) is 6.07 Å². The molecule has 9 heteroatoms. The van der Waals surface area contributed by atoms with Gasteiger partial charge in [0, 0.05) is 49.2 Å². The lowest BCUT2D eigenvalue weighted by Crippen LogP contribution is -2.53. The summed E-state index contributed by atoms with van der Waals surface area (Å²) in [7, 11) is 1.90. The number of hydrogen-bond donors (Lipinski definition) is 1. The molecule has 2 aromatic carbocycles. The normalized spacial score (nSPS) is 21.1. The number of aryl methyl sites for hydroxylation is 1. The molecule has 0 radical (unpaired) electrons. The number of fused-ring (bicyclic) bond motifs is 4. The second kappa shape index (κ2) is 8.34. The number of sulfonamides is 1. The van der Waals surface area contributed by atoms with Gasteiger partial charge in [-0.15, -0.1) is 0 Å². The Kier molecular flexibility index (Phi) is 5.71. The van der Waals surface area contributed by atoms with E-state index in [-0.39, 0.29) is 23.0 Å². The molecule has 7 nitrogen and oxygen atoms in total. The van der Waals surface area contributed by atoms with Gasteiger partial charge in [0.1, 0.15) is 11.6 Å². The van der Waals surface area contributed by atoms with E-state index in [1.54, 1.807) is 7.11 Å². The second-order valence-electron chi connectivity index (χ2n) is 9.46. The van der Waals surface area contributed by atoms with Gasteiger partial charge in [-0.3, -0.25) is 4.90 Å². The van der Waals surface area contributed by atoms with Crippen LogP contribution in [-0.2, 0) is 22.5 Å². The molecule has 0 unspecified atom stereocenters. The Morgan fingerprint density at radius 2 is 1.88 bits per heavy atom. The van der Waals surface area contributed by atoms with Crippen LogP contribution in [0.15, 0.2) is 47.4 Å². The second-order valence-corrected chi connectivity index (χ2v) is 11.4. The molecule has 1 atom stereocenters. The zero-order valence-corrected chi connectivity index (χ0v) is 20.5. The zero-order chi connectivity index (χ0) is 24.3. The minimum Gasteiger partial charge on any atom is -0.497 e. The molecule has 1 saturated heterocycles. The van der Waals surface area contributed by atoms with Crippen LogP contribution in [0.3, 0.4) is 0 Å². The Labute approximate surface area is 199 Å². The van der Waals surface area contributed by atoms with Crippen molar-refractivity contribution >= 4 is 20.9 Å². The van der Waals surface area contributed by atoms with Crippen molar-refractivity contribution in [1.82, 2.24) is 13.8 Å². The lowest BCUT2D eigenvalue weighted by atomic mass is 9.68. The third kappa shape index (κ3) is 3.45. The summed E-state index contributed by atoms with van der Waals surface area (Å²) in [5.41, 5.74) is 3.05. The minimum absolute atomic E-state index is 0.000945. The van der Waals surface area contributed by atoms with Crippen molar-refractivity contribution < 1.29 is 22.7 Å². The molecular formula is C25H30FN3O4S. The van der Waals surface area contributed by atoms with Gasteiger partial charge in [0.15, 0.2) is 0 Å². The molecule has 34 heavy (non-hydrogen) atoms. The highest BCUT2D eigenvalue weighted by Crippen LogP contribution is 2.50. The third-order valence-corrected chi connectivity index (χ3v) is 9.56. The first-order valence-corrected chi connectivity index (χ1v) is 12.9. The predicted octanol–water partition coefficient (Wildman–Crippen LogP) is 3.03. The number of piperidine rings is 1. The maximum absolute atomic E-state index is 13.7. The van der Waals surface area contributed by atoms with Gasteiger partial charge in [0.25, 0.3) is 0 Å². The summed E-state index contributed by atoms with van der Waals surface area (Å²) in [6, 6.07) is 11.1. The van der Waals surface area contributed by atoms with Gasteiger partial charge in [0.05, 0.1) is 30.2 Å². The smallest absolute Gasteiger partial charge is 0.243 e. The SMILES string of the molecule is COc1ccc2c3c(n(C)c2c1)[C@@H](CO)N(C)CC31CCN(S(=O)(=O)c2cccc(F)c2)CC1. The minimum atomic E-state index is -3.77. The standard InChI is InChI=1S/C25H30FN3O4S/c1-27-16-25(9-11-29(12-10-25)34(31,32)19-6-4-5-17(26)13-19)23-20-8-7-18(33-3)14-21(20)28(2)24(23)22(27)15-30/h4-8,13-14,22,30H,9-12,15-16H2,1-3H3/t22-/m1/s1. The molecule has 0 aliphatic carbocycles. The molecule has 182 valence electrons. The molecule has 2 aliphatic heterocycles. The van der Waals surface area contributed by atoms with Crippen LogP contribution in [0.1, 0.15) is 30.1 Å². The highest BCUT2D eigenvalue weighted by molar-refractivity contribution is 7.89. The van der Waals surface area contributed by atoms with Crippen molar-refractivity contribution in [3.05, 3.63) is 59.5 Å². The number of aromatic nitrogens is 1. The van der Waals surface area contributed by atoms with Crippen LogP contribution in [0, 0.1) is 5.82 Å². The highest BCUT2D eigenvalue weighted by atomic mass is 32.2. The monoisotopic (exact) mass is 487 g/mol. The fraction of sp³-hybridized carbons (Fsp3) is 0.440. The summed E-state index contributed by atoms with van der Waals surface area (Å²) in [6.45, 7) is 1.43. The summed E-state index contributed by atoms with van der Waals surface area (Å²) in [5.74, 6) is 0.207. The van der Waals surface area contributed by atoms with E-state index >= 15 is 0 Å². The van der Waals surface area contributed by atoms with Crippen molar-refractivity contribution in [2.45, 2.75) is 29.2 Å². The number of nitrogens with zero attached hydrogens (tertiary/aromatic N) is 3. The number of methoxy groups -OCH3 is 1. The molecule has 1 spiro atoms. The summed E-state index contributed by atoms with van der Waals surface area (Å²) in [5, 5.41) is 11.4. The Hall–Kier alpha value is -2.46. The number of halogens is 1. The van der Waals surface area contributed by atoms with Crippen LogP contribution in [0.5, 0.6) is 5.75 Å². The fourth-order valence-corrected chi connectivity index (χ4v) is 7.42. The van der Waals surface area contributed by atoms with Gasteiger partial charge < -0.3 is 14.4 Å². The Morgan fingerprint density at radius 3 is 2.53 bits per heavy atom.